The number of aldehydes is 1. The molecule has 3 rings (SSSR count). The molecule has 80 valence electrons. The first kappa shape index (κ1) is 8.90. The van der Waals surface area contributed by atoms with Gasteiger partial charge < -0.3 is 9.47 Å². The lowest BCUT2D eigenvalue weighted by Crippen LogP contribution is -2.01. The number of rotatable bonds is 2. The van der Waals surface area contributed by atoms with Crippen LogP contribution in [0.25, 0.3) is 5.69 Å². The number of ether oxygens (including phenoxy) is 2. The zero-order chi connectivity index (χ0) is 11.0. The van der Waals surface area contributed by atoms with Gasteiger partial charge in [-0.2, -0.15) is 0 Å². The molecule has 2 aromatic rings. The largest absolute Gasteiger partial charge is 0.454 e. The number of hydrogen-bond donors (Lipinski definition) is 0. The lowest BCUT2D eigenvalue weighted by molar-refractivity contribution is 0.111. The molecule has 6 nitrogen and oxygen atoms in total. The van der Waals surface area contributed by atoms with Gasteiger partial charge in [-0.1, -0.05) is 5.21 Å². The maximum Gasteiger partial charge on any atom is 0.231 e. The Hall–Kier alpha value is -2.37. The van der Waals surface area contributed by atoms with E-state index in [-0.39, 0.29) is 6.79 Å². The highest BCUT2D eigenvalue weighted by Crippen LogP contribution is 2.33. The van der Waals surface area contributed by atoms with Crippen LogP contribution in [0.2, 0.25) is 0 Å². The second-order valence-electron chi connectivity index (χ2n) is 3.23. The number of hydrogen-bond acceptors (Lipinski definition) is 5. The quantitative estimate of drug-likeness (QED) is 0.696. The SMILES string of the molecule is O=Cc1cnnn1-c1ccc2c(c1)OCO2. The van der Waals surface area contributed by atoms with Crippen molar-refractivity contribution in [3.05, 3.63) is 30.1 Å². The van der Waals surface area contributed by atoms with Gasteiger partial charge in [-0.3, -0.25) is 4.79 Å². The van der Waals surface area contributed by atoms with Crippen molar-refractivity contribution < 1.29 is 14.3 Å². The van der Waals surface area contributed by atoms with Crippen molar-refractivity contribution >= 4 is 6.29 Å². The Labute approximate surface area is 90.4 Å². The molecule has 0 atom stereocenters. The summed E-state index contributed by atoms with van der Waals surface area (Å²) in [6.07, 6.45) is 2.10. The third-order valence-corrected chi connectivity index (χ3v) is 2.30. The Balaban J connectivity index is 2.10. The zero-order valence-electron chi connectivity index (χ0n) is 8.16. The monoisotopic (exact) mass is 217 g/mol. The molecule has 0 N–H and O–H groups in total. The Morgan fingerprint density at radius 2 is 2.19 bits per heavy atom. The molecule has 0 saturated carbocycles. The van der Waals surface area contributed by atoms with Gasteiger partial charge in [0, 0.05) is 6.07 Å². The predicted molar refractivity (Wildman–Crippen MR) is 52.9 cm³/mol. The zero-order valence-corrected chi connectivity index (χ0v) is 8.16. The van der Waals surface area contributed by atoms with Gasteiger partial charge in [-0.15, -0.1) is 5.10 Å². The van der Waals surface area contributed by atoms with Crippen LogP contribution in [0.5, 0.6) is 11.5 Å². The summed E-state index contributed by atoms with van der Waals surface area (Å²) in [5.41, 5.74) is 1.10. The number of carbonyl (C=O) groups excluding carboxylic acids is 1. The molecule has 1 aromatic heterocycles. The van der Waals surface area contributed by atoms with E-state index in [9.17, 15) is 4.79 Å². The van der Waals surface area contributed by atoms with Crippen molar-refractivity contribution in [3.8, 4) is 17.2 Å². The summed E-state index contributed by atoms with van der Waals surface area (Å²) in [5, 5.41) is 7.49. The standard InChI is InChI=1S/C10H7N3O3/c14-5-8-4-11-12-13(8)7-1-2-9-10(3-7)16-6-15-9/h1-5H,6H2. The highest BCUT2D eigenvalue weighted by molar-refractivity contribution is 5.72. The van der Waals surface area contributed by atoms with E-state index >= 15 is 0 Å². The van der Waals surface area contributed by atoms with Crippen LogP contribution < -0.4 is 9.47 Å². The Bertz CT molecular complexity index is 550. The Morgan fingerprint density at radius 1 is 1.31 bits per heavy atom. The van der Waals surface area contributed by atoms with Crippen molar-refractivity contribution in [2.45, 2.75) is 0 Å². The average Bonchev–Trinajstić information content (AvgIpc) is 2.96. The summed E-state index contributed by atoms with van der Waals surface area (Å²) < 4.78 is 11.9. The minimum Gasteiger partial charge on any atom is -0.454 e. The first-order chi connectivity index (χ1) is 7.88. The molecule has 0 aliphatic carbocycles. The summed E-state index contributed by atoms with van der Waals surface area (Å²) in [7, 11) is 0. The number of fused-ring (bicyclic) bond motifs is 1. The van der Waals surface area contributed by atoms with Crippen LogP contribution in [0, 0.1) is 0 Å². The molecule has 0 unspecified atom stereocenters. The van der Waals surface area contributed by atoms with E-state index < -0.39 is 0 Å². The summed E-state index contributed by atoms with van der Waals surface area (Å²) in [6.45, 7) is 0.219. The summed E-state index contributed by atoms with van der Waals surface area (Å²) in [4.78, 5) is 10.7. The van der Waals surface area contributed by atoms with Gasteiger partial charge in [0.1, 0.15) is 5.69 Å². The van der Waals surface area contributed by atoms with Crippen molar-refractivity contribution in [2.75, 3.05) is 6.79 Å². The van der Waals surface area contributed by atoms with Crippen molar-refractivity contribution in [1.29, 1.82) is 0 Å². The third-order valence-electron chi connectivity index (χ3n) is 2.30. The molecule has 6 heteroatoms. The number of aromatic nitrogens is 3. The first-order valence-corrected chi connectivity index (χ1v) is 4.64. The molecule has 1 aromatic carbocycles. The van der Waals surface area contributed by atoms with Gasteiger partial charge >= 0.3 is 0 Å². The lowest BCUT2D eigenvalue weighted by Gasteiger charge is -2.03. The normalized spacial score (nSPS) is 12.8. The first-order valence-electron chi connectivity index (χ1n) is 4.64. The smallest absolute Gasteiger partial charge is 0.231 e. The van der Waals surface area contributed by atoms with E-state index in [2.05, 4.69) is 10.3 Å². The molecule has 1 aliphatic heterocycles. The number of benzene rings is 1. The number of carbonyl (C=O) groups is 1. The summed E-state index contributed by atoms with van der Waals surface area (Å²) >= 11 is 0. The van der Waals surface area contributed by atoms with E-state index in [1.807, 2.05) is 0 Å². The van der Waals surface area contributed by atoms with E-state index in [1.54, 1.807) is 18.2 Å². The predicted octanol–water partition coefficient (Wildman–Crippen LogP) is 0.808. The van der Waals surface area contributed by atoms with Gasteiger partial charge in [0.05, 0.1) is 11.9 Å². The van der Waals surface area contributed by atoms with Crippen LogP contribution in [-0.2, 0) is 0 Å². The molecule has 0 fully saturated rings. The molecule has 1 aliphatic rings. The molecule has 16 heavy (non-hydrogen) atoms. The summed E-state index contributed by atoms with van der Waals surface area (Å²) in [6, 6.07) is 5.31. The van der Waals surface area contributed by atoms with Crippen molar-refractivity contribution in [3.63, 3.8) is 0 Å². The molecule has 0 spiro atoms. The van der Waals surface area contributed by atoms with Crippen LogP contribution >= 0.6 is 0 Å². The minimum absolute atomic E-state index is 0.219. The maximum absolute atomic E-state index is 10.7. The number of nitrogens with zero attached hydrogens (tertiary/aromatic N) is 3. The lowest BCUT2D eigenvalue weighted by atomic mass is 10.3. The van der Waals surface area contributed by atoms with Gasteiger partial charge in [0.2, 0.25) is 6.79 Å². The average molecular weight is 217 g/mol. The highest BCUT2D eigenvalue weighted by Gasteiger charge is 2.15. The van der Waals surface area contributed by atoms with Crippen molar-refractivity contribution in [1.82, 2.24) is 15.0 Å². The second kappa shape index (κ2) is 3.34. The third kappa shape index (κ3) is 1.23. The van der Waals surface area contributed by atoms with Gasteiger partial charge in [0.25, 0.3) is 0 Å². The maximum atomic E-state index is 10.7. The van der Waals surface area contributed by atoms with Gasteiger partial charge in [-0.05, 0) is 12.1 Å². The fourth-order valence-corrected chi connectivity index (χ4v) is 1.54. The Kier molecular flexibility index (Phi) is 1.86. The topological polar surface area (TPSA) is 66.2 Å². The molecule has 0 saturated heterocycles. The molecule has 0 radical (unpaired) electrons. The second-order valence-corrected chi connectivity index (χ2v) is 3.23. The van der Waals surface area contributed by atoms with E-state index in [1.165, 1.54) is 10.9 Å². The van der Waals surface area contributed by atoms with Gasteiger partial charge in [-0.25, -0.2) is 4.68 Å². The van der Waals surface area contributed by atoms with Crippen LogP contribution in [-0.4, -0.2) is 28.1 Å². The van der Waals surface area contributed by atoms with E-state index in [4.69, 9.17) is 9.47 Å². The molecule has 2 heterocycles. The minimum atomic E-state index is 0.219. The van der Waals surface area contributed by atoms with Crippen LogP contribution in [0.1, 0.15) is 10.5 Å². The fraction of sp³-hybridized carbons (Fsp3) is 0.100. The van der Waals surface area contributed by atoms with Crippen molar-refractivity contribution in [2.24, 2.45) is 0 Å². The molecule has 0 amide bonds. The summed E-state index contributed by atoms with van der Waals surface area (Å²) in [5.74, 6) is 1.33. The molecular formula is C10H7N3O3. The van der Waals surface area contributed by atoms with E-state index in [0.29, 0.717) is 29.2 Å². The molecule has 0 bridgehead atoms. The van der Waals surface area contributed by atoms with E-state index in [0.717, 1.165) is 0 Å². The molecular weight excluding hydrogens is 210 g/mol. The van der Waals surface area contributed by atoms with Crippen LogP contribution in [0.15, 0.2) is 24.4 Å². The van der Waals surface area contributed by atoms with Crippen LogP contribution in [0.4, 0.5) is 0 Å². The fourth-order valence-electron chi connectivity index (χ4n) is 1.54. The Morgan fingerprint density at radius 3 is 3.06 bits per heavy atom. The van der Waals surface area contributed by atoms with Gasteiger partial charge in [0.15, 0.2) is 17.8 Å². The highest BCUT2D eigenvalue weighted by atomic mass is 16.7. The van der Waals surface area contributed by atoms with Crippen LogP contribution in [0.3, 0.4) is 0 Å².